The molecule has 0 aromatic carbocycles. The van der Waals surface area contributed by atoms with E-state index in [0.29, 0.717) is 13.1 Å². The van der Waals surface area contributed by atoms with Crippen LogP contribution in [-0.4, -0.2) is 38.8 Å². The van der Waals surface area contributed by atoms with Gasteiger partial charge in [0.25, 0.3) is 0 Å². The monoisotopic (exact) mass is 368 g/mol. The van der Waals surface area contributed by atoms with E-state index < -0.39 is 0 Å². The van der Waals surface area contributed by atoms with Gasteiger partial charge in [0, 0.05) is 30.3 Å². The van der Waals surface area contributed by atoms with E-state index in [0.717, 1.165) is 55.3 Å². The van der Waals surface area contributed by atoms with Gasteiger partial charge in [-0.05, 0) is 31.5 Å². The lowest BCUT2D eigenvalue weighted by Gasteiger charge is -2.33. The molecule has 2 aromatic rings. The minimum atomic E-state index is -0.0812. The van der Waals surface area contributed by atoms with Crippen LogP contribution in [0.1, 0.15) is 56.5 Å². The smallest absolute Gasteiger partial charge is 0.227 e. The summed E-state index contributed by atoms with van der Waals surface area (Å²) in [5, 5.41) is 0. The van der Waals surface area contributed by atoms with Crippen LogP contribution in [-0.2, 0) is 29.8 Å². The second-order valence-corrected chi connectivity index (χ2v) is 8.76. The maximum absolute atomic E-state index is 13.1. The Kier molecular flexibility index (Phi) is 4.76. The summed E-state index contributed by atoms with van der Waals surface area (Å²) in [6.45, 7) is 10.2. The highest BCUT2D eigenvalue weighted by molar-refractivity contribution is 5.79. The van der Waals surface area contributed by atoms with E-state index in [2.05, 4.69) is 30.7 Å². The van der Waals surface area contributed by atoms with Gasteiger partial charge in [-0.3, -0.25) is 9.69 Å². The second-order valence-electron chi connectivity index (χ2n) is 8.76. The van der Waals surface area contributed by atoms with E-state index in [1.807, 2.05) is 23.2 Å². The first kappa shape index (κ1) is 18.2. The number of carbonyl (C=O) groups excluding carboxylic acids is 1. The molecule has 1 saturated heterocycles. The summed E-state index contributed by atoms with van der Waals surface area (Å²) < 4.78 is 5.46. The Morgan fingerprint density at radius 1 is 1.33 bits per heavy atom. The summed E-state index contributed by atoms with van der Waals surface area (Å²) >= 11 is 0. The average Bonchev–Trinajstić information content (AvgIpc) is 3.29. The second kappa shape index (κ2) is 7.08. The van der Waals surface area contributed by atoms with Crippen LogP contribution in [0.5, 0.6) is 0 Å². The van der Waals surface area contributed by atoms with Crippen LogP contribution in [0.15, 0.2) is 29.0 Å². The van der Waals surface area contributed by atoms with Crippen LogP contribution in [0.2, 0.25) is 0 Å². The standard InChI is InChI=1S/C21H28N4O2/c1-21(2,3)20-22-10-16-12-25(14-18(16)23-20)19(26)15-6-4-8-24(11-15)13-17-7-5-9-27-17/h5,7,9-10,15H,4,6,8,11-14H2,1-3H3/t15-/m0/s1. The number of amides is 1. The van der Waals surface area contributed by atoms with Gasteiger partial charge in [-0.1, -0.05) is 20.8 Å². The van der Waals surface area contributed by atoms with Gasteiger partial charge >= 0.3 is 0 Å². The predicted octanol–water partition coefficient (Wildman–Crippen LogP) is 3.12. The maximum Gasteiger partial charge on any atom is 0.227 e. The molecule has 27 heavy (non-hydrogen) atoms. The zero-order chi connectivity index (χ0) is 19.0. The lowest BCUT2D eigenvalue weighted by Crippen LogP contribution is -2.43. The summed E-state index contributed by atoms with van der Waals surface area (Å²) in [5.74, 6) is 2.10. The molecule has 0 bridgehead atoms. The molecule has 0 spiro atoms. The van der Waals surface area contributed by atoms with E-state index in [4.69, 9.17) is 9.40 Å². The largest absolute Gasteiger partial charge is 0.468 e. The number of hydrogen-bond acceptors (Lipinski definition) is 5. The van der Waals surface area contributed by atoms with Crippen molar-refractivity contribution in [3.63, 3.8) is 0 Å². The molecule has 0 N–H and O–H groups in total. The van der Waals surface area contributed by atoms with Crippen LogP contribution in [0, 0.1) is 5.92 Å². The highest BCUT2D eigenvalue weighted by atomic mass is 16.3. The summed E-state index contributed by atoms with van der Waals surface area (Å²) in [5.41, 5.74) is 2.01. The van der Waals surface area contributed by atoms with Crippen molar-refractivity contribution in [2.24, 2.45) is 5.92 Å². The molecular formula is C21H28N4O2. The molecule has 6 nitrogen and oxygen atoms in total. The molecule has 144 valence electrons. The normalized spacial score (nSPS) is 20.7. The molecule has 2 aliphatic rings. The van der Waals surface area contributed by atoms with Gasteiger partial charge in [0.15, 0.2) is 0 Å². The van der Waals surface area contributed by atoms with Crippen LogP contribution >= 0.6 is 0 Å². The highest BCUT2D eigenvalue weighted by Crippen LogP contribution is 2.28. The molecule has 0 radical (unpaired) electrons. The number of hydrogen-bond donors (Lipinski definition) is 0. The molecule has 4 rings (SSSR count). The van der Waals surface area contributed by atoms with Crippen molar-refractivity contribution in [2.75, 3.05) is 13.1 Å². The van der Waals surface area contributed by atoms with E-state index >= 15 is 0 Å². The lowest BCUT2D eigenvalue weighted by molar-refractivity contribution is -0.138. The number of carbonyl (C=O) groups is 1. The van der Waals surface area contributed by atoms with Crippen molar-refractivity contribution in [2.45, 2.75) is 58.7 Å². The molecule has 0 aliphatic carbocycles. The molecule has 0 unspecified atom stereocenters. The van der Waals surface area contributed by atoms with Crippen LogP contribution < -0.4 is 0 Å². The molecule has 1 atom stereocenters. The number of piperidine rings is 1. The Hall–Kier alpha value is -2.21. The van der Waals surface area contributed by atoms with Gasteiger partial charge < -0.3 is 9.32 Å². The molecule has 1 fully saturated rings. The fraction of sp³-hybridized carbons (Fsp3) is 0.571. The molecule has 2 aliphatic heterocycles. The van der Waals surface area contributed by atoms with Gasteiger partial charge in [0.05, 0.1) is 31.0 Å². The topological polar surface area (TPSA) is 62.5 Å². The molecule has 1 amide bonds. The van der Waals surface area contributed by atoms with E-state index in [9.17, 15) is 4.79 Å². The zero-order valence-electron chi connectivity index (χ0n) is 16.4. The van der Waals surface area contributed by atoms with Crippen molar-refractivity contribution in [3.8, 4) is 0 Å². The van der Waals surface area contributed by atoms with E-state index in [-0.39, 0.29) is 17.2 Å². The SMILES string of the molecule is CC(C)(C)c1ncc2c(n1)CN(C(=O)[C@H]1CCCN(Cc3ccco3)C1)C2. The third kappa shape index (κ3) is 3.90. The predicted molar refractivity (Wildman–Crippen MR) is 102 cm³/mol. The molecule has 0 saturated carbocycles. The number of nitrogens with zero attached hydrogens (tertiary/aromatic N) is 4. The minimum Gasteiger partial charge on any atom is -0.468 e. The van der Waals surface area contributed by atoms with Crippen molar-refractivity contribution in [3.05, 3.63) is 47.4 Å². The van der Waals surface area contributed by atoms with Gasteiger partial charge in [-0.15, -0.1) is 0 Å². The van der Waals surface area contributed by atoms with Crippen molar-refractivity contribution < 1.29 is 9.21 Å². The number of furan rings is 1. The first-order valence-electron chi connectivity index (χ1n) is 9.79. The summed E-state index contributed by atoms with van der Waals surface area (Å²) in [4.78, 5) is 26.7. The Balaban J connectivity index is 1.41. The number of rotatable bonds is 3. The first-order valence-corrected chi connectivity index (χ1v) is 9.79. The third-order valence-corrected chi connectivity index (χ3v) is 5.45. The van der Waals surface area contributed by atoms with Crippen LogP contribution in [0.25, 0.3) is 0 Å². The fourth-order valence-corrected chi connectivity index (χ4v) is 3.95. The average molecular weight is 368 g/mol. The zero-order valence-corrected chi connectivity index (χ0v) is 16.4. The molecule has 6 heteroatoms. The van der Waals surface area contributed by atoms with Gasteiger partial charge in [-0.2, -0.15) is 0 Å². The molecule has 4 heterocycles. The summed E-state index contributed by atoms with van der Waals surface area (Å²) in [6.07, 6.45) is 5.61. The van der Waals surface area contributed by atoms with Gasteiger partial charge in [0.2, 0.25) is 5.91 Å². The lowest BCUT2D eigenvalue weighted by atomic mass is 9.95. The van der Waals surface area contributed by atoms with E-state index in [1.165, 1.54) is 0 Å². The fourth-order valence-electron chi connectivity index (χ4n) is 3.95. The summed E-state index contributed by atoms with van der Waals surface area (Å²) in [7, 11) is 0. The Morgan fingerprint density at radius 2 is 2.19 bits per heavy atom. The maximum atomic E-state index is 13.1. The Bertz CT molecular complexity index is 810. The first-order chi connectivity index (χ1) is 12.9. The number of likely N-dealkylation sites (tertiary alicyclic amines) is 1. The Morgan fingerprint density at radius 3 is 2.93 bits per heavy atom. The molecular weight excluding hydrogens is 340 g/mol. The minimum absolute atomic E-state index is 0.0538. The van der Waals surface area contributed by atoms with Gasteiger partial charge in [0.1, 0.15) is 11.6 Å². The van der Waals surface area contributed by atoms with Gasteiger partial charge in [-0.25, -0.2) is 9.97 Å². The summed E-state index contributed by atoms with van der Waals surface area (Å²) in [6, 6.07) is 3.91. The Labute approximate surface area is 160 Å². The third-order valence-electron chi connectivity index (χ3n) is 5.45. The number of fused-ring (bicyclic) bond motifs is 1. The van der Waals surface area contributed by atoms with Crippen LogP contribution in [0.4, 0.5) is 0 Å². The van der Waals surface area contributed by atoms with E-state index in [1.54, 1.807) is 6.26 Å². The van der Waals surface area contributed by atoms with Crippen molar-refractivity contribution in [1.29, 1.82) is 0 Å². The van der Waals surface area contributed by atoms with Crippen molar-refractivity contribution in [1.82, 2.24) is 19.8 Å². The number of aromatic nitrogens is 2. The molecule has 2 aromatic heterocycles. The highest BCUT2D eigenvalue weighted by Gasteiger charge is 2.33. The van der Waals surface area contributed by atoms with Crippen molar-refractivity contribution >= 4 is 5.91 Å². The van der Waals surface area contributed by atoms with Crippen LogP contribution in [0.3, 0.4) is 0 Å². The quantitative estimate of drug-likeness (QED) is 0.833.